The van der Waals surface area contributed by atoms with Gasteiger partial charge < -0.3 is 10.2 Å². The number of likely N-dealkylation sites (N-methyl/N-ethyl adjacent to an activating group) is 1. The van der Waals surface area contributed by atoms with E-state index in [0.717, 1.165) is 23.0 Å². The lowest BCUT2D eigenvalue weighted by Crippen LogP contribution is -2.32. The molecule has 116 valence electrons. The van der Waals surface area contributed by atoms with Gasteiger partial charge in [0.25, 0.3) is 5.91 Å². The van der Waals surface area contributed by atoms with Crippen molar-refractivity contribution in [3.8, 4) is 0 Å². The van der Waals surface area contributed by atoms with Crippen molar-refractivity contribution in [2.24, 2.45) is 0 Å². The standard InChI is InChI=1S/C20H20N2O/c1-22(19-9-3-2-4-10-19)14-13-21-20(23)18-12-11-16-7-5-6-8-17(16)15-18/h2-12,15H,13-14H2,1H3,(H,21,23). The molecule has 1 N–H and O–H groups in total. The normalized spacial score (nSPS) is 10.5. The van der Waals surface area contributed by atoms with Gasteiger partial charge in [0.1, 0.15) is 0 Å². The summed E-state index contributed by atoms with van der Waals surface area (Å²) < 4.78 is 0. The molecule has 0 aliphatic rings. The van der Waals surface area contributed by atoms with Crippen LogP contribution in [-0.2, 0) is 0 Å². The summed E-state index contributed by atoms with van der Waals surface area (Å²) in [5.41, 5.74) is 1.85. The van der Waals surface area contributed by atoms with E-state index in [0.29, 0.717) is 12.1 Å². The lowest BCUT2D eigenvalue weighted by atomic mass is 10.1. The van der Waals surface area contributed by atoms with Crippen LogP contribution in [0.3, 0.4) is 0 Å². The van der Waals surface area contributed by atoms with Crippen LogP contribution in [0.5, 0.6) is 0 Å². The van der Waals surface area contributed by atoms with Gasteiger partial charge in [0, 0.05) is 31.4 Å². The van der Waals surface area contributed by atoms with Gasteiger partial charge in [0.15, 0.2) is 0 Å². The van der Waals surface area contributed by atoms with Gasteiger partial charge in [-0.1, -0.05) is 48.5 Å². The van der Waals surface area contributed by atoms with E-state index in [-0.39, 0.29) is 5.91 Å². The molecule has 3 heteroatoms. The van der Waals surface area contributed by atoms with Crippen molar-refractivity contribution in [2.45, 2.75) is 0 Å². The molecule has 0 saturated heterocycles. The van der Waals surface area contributed by atoms with Gasteiger partial charge in [0.2, 0.25) is 0 Å². The first-order chi connectivity index (χ1) is 11.2. The van der Waals surface area contributed by atoms with Gasteiger partial charge in [0.05, 0.1) is 0 Å². The third-order valence-corrected chi connectivity index (χ3v) is 3.94. The zero-order chi connectivity index (χ0) is 16.1. The fourth-order valence-corrected chi connectivity index (χ4v) is 2.58. The molecule has 0 saturated carbocycles. The van der Waals surface area contributed by atoms with Crippen LogP contribution in [0.2, 0.25) is 0 Å². The Bertz CT molecular complexity index is 799. The van der Waals surface area contributed by atoms with Crippen LogP contribution in [0, 0.1) is 0 Å². The first-order valence-electron chi connectivity index (χ1n) is 7.77. The Morgan fingerprint density at radius 1 is 0.913 bits per heavy atom. The molecule has 0 atom stereocenters. The van der Waals surface area contributed by atoms with Crippen molar-refractivity contribution in [1.29, 1.82) is 0 Å². The number of para-hydroxylation sites is 1. The number of carbonyl (C=O) groups excluding carboxylic acids is 1. The zero-order valence-electron chi connectivity index (χ0n) is 13.2. The predicted octanol–water partition coefficient (Wildman–Crippen LogP) is 3.71. The minimum atomic E-state index is -0.0304. The highest BCUT2D eigenvalue weighted by Crippen LogP contribution is 2.15. The minimum absolute atomic E-state index is 0.0304. The minimum Gasteiger partial charge on any atom is -0.373 e. The Kier molecular flexibility index (Phi) is 4.57. The van der Waals surface area contributed by atoms with Crippen molar-refractivity contribution < 1.29 is 4.79 Å². The first kappa shape index (κ1) is 15.1. The molecule has 3 nitrogen and oxygen atoms in total. The number of amides is 1. The summed E-state index contributed by atoms with van der Waals surface area (Å²) in [6, 6.07) is 24.0. The summed E-state index contributed by atoms with van der Waals surface area (Å²) in [6.07, 6.45) is 0. The van der Waals surface area contributed by atoms with Crippen LogP contribution in [-0.4, -0.2) is 26.0 Å². The Morgan fingerprint density at radius 2 is 1.61 bits per heavy atom. The largest absolute Gasteiger partial charge is 0.373 e. The number of rotatable bonds is 5. The number of nitrogens with zero attached hydrogens (tertiary/aromatic N) is 1. The molecule has 0 fully saturated rings. The van der Waals surface area contributed by atoms with E-state index >= 15 is 0 Å². The van der Waals surface area contributed by atoms with Gasteiger partial charge in [-0.25, -0.2) is 0 Å². The second kappa shape index (κ2) is 6.97. The Hall–Kier alpha value is -2.81. The third-order valence-electron chi connectivity index (χ3n) is 3.94. The number of carbonyl (C=O) groups is 1. The second-order valence-electron chi connectivity index (χ2n) is 5.57. The van der Waals surface area contributed by atoms with Crippen LogP contribution < -0.4 is 10.2 Å². The smallest absolute Gasteiger partial charge is 0.251 e. The van der Waals surface area contributed by atoms with Crippen LogP contribution in [0.15, 0.2) is 72.8 Å². The monoisotopic (exact) mass is 304 g/mol. The van der Waals surface area contributed by atoms with Crippen molar-refractivity contribution in [1.82, 2.24) is 5.32 Å². The van der Waals surface area contributed by atoms with Gasteiger partial charge in [-0.3, -0.25) is 4.79 Å². The van der Waals surface area contributed by atoms with Crippen molar-refractivity contribution in [2.75, 3.05) is 25.0 Å². The molecule has 23 heavy (non-hydrogen) atoms. The summed E-state index contributed by atoms with van der Waals surface area (Å²) in [4.78, 5) is 14.4. The average Bonchev–Trinajstić information content (AvgIpc) is 2.61. The molecule has 0 spiro atoms. The van der Waals surface area contributed by atoms with Crippen molar-refractivity contribution in [3.05, 3.63) is 78.4 Å². The van der Waals surface area contributed by atoms with E-state index in [2.05, 4.69) is 22.3 Å². The van der Waals surface area contributed by atoms with Gasteiger partial charge in [-0.05, 0) is 35.0 Å². The highest BCUT2D eigenvalue weighted by Gasteiger charge is 2.06. The number of hydrogen-bond donors (Lipinski definition) is 1. The van der Waals surface area contributed by atoms with E-state index in [4.69, 9.17) is 0 Å². The first-order valence-corrected chi connectivity index (χ1v) is 7.77. The number of benzene rings is 3. The van der Waals surface area contributed by atoms with Gasteiger partial charge in [-0.2, -0.15) is 0 Å². The quantitative estimate of drug-likeness (QED) is 0.779. The van der Waals surface area contributed by atoms with Gasteiger partial charge >= 0.3 is 0 Å². The lowest BCUT2D eigenvalue weighted by Gasteiger charge is -2.19. The molecule has 3 rings (SSSR count). The fraction of sp³-hybridized carbons (Fsp3) is 0.150. The summed E-state index contributed by atoms with van der Waals surface area (Å²) in [7, 11) is 2.03. The predicted molar refractivity (Wildman–Crippen MR) is 96.0 cm³/mol. The number of hydrogen-bond acceptors (Lipinski definition) is 2. The molecule has 0 aliphatic carbocycles. The Balaban J connectivity index is 1.58. The molecule has 0 bridgehead atoms. The highest BCUT2D eigenvalue weighted by molar-refractivity contribution is 5.98. The lowest BCUT2D eigenvalue weighted by molar-refractivity contribution is 0.0955. The van der Waals surface area contributed by atoms with Crippen molar-refractivity contribution >= 4 is 22.4 Å². The van der Waals surface area contributed by atoms with Crippen molar-refractivity contribution in [3.63, 3.8) is 0 Å². The SMILES string of the molecule is CN(CCNC(=O)c1ccc2ccccc2c1)c1ccccc1. The van der Waals surface area contributed by atoms with Crippen LogP contribution in [0.4, 0.5) is 5.69 Å². The maximum absolute atomic E-state index is 12.3. The Morgan fingerprint density at radius 3 is 2.39 bits per heavy atom. The molecule has 0 heterocycles. The summed E-state index contributed by atoms with van der Waals surface area (Å²) in [5.74, 6) is -0.0304. The molecule has 0 radical (unpaired) electrons. The van der Waals surface area contributed by atoms with Crippen LogP contribution in [0.25, 0.3) is 10.8 Å². The van der Waals surface area contributed by atoms with E-state index in [9.17, 15) is 4.79 Å². The van der Waals surface area contributed by atoms with E-state index < -0.39 is 0 Å². The van der Waals surface area contributed by atoms with E-state index in [1.165, 1.54) is 0 Å². The zero-order valence-corrected chi connectivity index (χ0v) is 13.2. The van der Waals surface area contributed by atoms with E-state index in [1.54, 1.807) is 0 Å². The molecular formula is C20H20N2O. The van der Waals surface area contributed by atoms with Gasteiger partial charge in [-0.15, -0.1) is 0 Å². The maximum atomic E-state index is 12.3. The average molecular weight is 304 g/mol. The highest BCUT2D eigenvalue weighted by atomic mass is 16.1. The van der Waals surface area contributed by atoms with Crippen LogP contribution >= 0.6 is 0 Å². The molecule has 3 aromatic rings. The van der Waals surface area contributed by atoms with E-state index in [1.807, 2.05) is 67.7 Å². The molecule has 0 aromatic heterocycles. The number of nitrogens with one attached hydrogen (secondary N) is 1. The second-order valence-corrected chi connectivity index (χ2v) is 5.57. The molecule has 0 unspecified atom stereocenters. The Labute approximate surface area is 136 Å². The number of anilines is 1. The third kappa shape index (κ3) is 3.69. The summed E-state index contributed by atoms with van der Waals surface area (Å²) in [5, 5.41) is 5.21. The summed E-state index contributed by atoms with van der Waals surface area (Å²) >= 11 is 0. The maximum Gasteiger partial charge on any atom is 0.251 e. The molecule has 3 aromatic carbocycles. The number of fused-ring (bicyclic) bond motifs is 1. The fourth-order valence-electron chi connectivity index (χ4n) is 2.58. The molecule has 0 aliphatic heterocycles. The van der Waals surface area contributed by atoms with Crippen LogP contribution in [0.1, 0.15) is 10.4 Å². The summed E-state index contributed by atoms with van der Waals surface area (Å²) in [6.45, 7) is 1.38. The molecular weight excluding hydrogens is 284 g/mol. The topological polar surface area (TPSA) is 32.3 Å². The molecule has 1 amide bonds.